The van der Waals surface area contributed by atoms with E-state index in [9.17, 15) is 0 Å². The van der Waals surface area contributed by atoms with E-state index < -0.39 is 0 Å². The van der Waals surface area contributed by atoms with Crippen LogP contribution in [-0.2, 0) is 0 Å². The van der Waals surface area contributed by atoms with Crippen LogP contribution in [0, 0.1) is 12.1 Å². The van der Waals surface area contributed by atoms with Gasteiger partial charge in [-0.2, -0.15) is 0 Å². The third kappa shape index (κ3) is 5.27. The Labute approximate surface area is 287 Å². The van der Waals surface area contributed by atoms with Gasteiger partial charge < -0.3 is 4.90 Å². The predicted octanol–water partition coefficient (Wildman–Crippen LogP) is 13.2. The summed E-state index contributed by atoms with van der Waals surface area (Å²) >= 11 is 0. The van der Waals surface area contributed by atoms with Crippen LogP contribution in [0.3, 0.4) is 0 Å². The van der Waals surface area contributed by atoms with Crippen LogP contribution in [0.15, 0.2) is 188 Å². The molecule has 9 rings (SSSR count). The Balaban J connectivity index is 1.15. The number of anilines is 3. The summed E-state index contributed by atoms with van der Waals surface area (Å²) in [5, 5.41) is 7.52. The van der Waals surface area contributed by atoms with Crippen molar-refractivity contribution < 1.29 is 0 Å². The molecule has 0 fully saturated rings. The predicted molar refractivity (Wildman–Crippen MR) is 208 cm³/mol. The minimum absolute atomic E-state index is 1.10. The molecule has 0 heterocycles. The van der Waals surface area contributed by atoms with Crippen molar-refractivity contribution in [2.24, 2.45) is 0 Å². The lowest BCUT2D eigenvalue weighted by Gasteiger charge is -2.26. The largest absolute Gasteiger partial charge is 0.310 e. The number of hydrogen-bond acceptors (Lipinski definition) is 1. The van der Waals surface area contributed by atoms with Crippen LogP contribution in [0.25, 0.3) is 65.7 Å². The number of fused-ring (bicyclic) bond motifs is 4. The Morgan fingerprint density at radius 3 is 1.65 bits per heavy atom. The highest BCUT2D eigenvalue weighted by atomic mass is 15.1. The van der Waals surface area contributed by atoms with Gasteiger partial charge in [0.25, 0.3) is 0 Å². The van der Waals surface area contributed by atoms with Gasteiger partial charge in [-0.25, -0.2) is 0 Å². The van der Waals surface area contributed by atoms with Gasteiger partial charge in [0.1, 0.15) is 0 Å². The lowest BCUT2D eigenvalue weighted by atomic mass is 9.89. The molecule has 9 aromatic carbocycles. The first-order valence-electron chi connectivity index (χ1n) is 16.7. The molecule has 9 aromatic rings. The maximum absolute atomic E-state index is 3.08. The second-order valence-electron chi connectivity index (χ2n) is 12.4. The lowest BCUT2D eigenvalue weighted by Crippen LogP contribution is -2.09. The molecule has 0 spiro atoms. The molecule has 1 nitrogen and oxygen atoms in total. The molecule has 0 aliphatic rings. The molecule has 0 saturated heterocycles. The molecule has 0 aliphatic heterocycles. The Hall–Kier alpha value is -6.62. The zero-order valence-electron chi connectivity index (χ0n) is 26.8. The van der Waals surface area contributed by atoms with Gasteiger partial charge in [0.15, 0.2) is 0 Å². The Bertz CT molecular complexity index is 2580. The van der Waals surface area contributed by atoms with Gasteiger partial charge in [0.2, 0.25) is 0 Å². The van der Waals surface area contributed by atoms with Gasteiger partial charge in [-0.05, 0) is 126 Å². The van der Waals surface area contributed by atoms with Gasteiger partial charge in [-0.3, -0.25) is 0 Å². The highest BCUT2D eigenvalue weighted by molar-refractivity contribution is 6.14. The topological polar surface area (TPSA) is 3.24 Å². The number of hydrogen-bond donors (Lipinski definition) is 0. The normalized spacial score (nSPS) is 11.1. The van der Waals surface area contributed by atoms with Crippen LogP contribution >= 0.6 is 0 Å². The van der Waals surface area contributed by atoms with E-state index in [0.717, 1.165) is 28.2 Å². The van der Waals surface area contributed by atoms with Crippen LogP contribution in [0.2, 0.25) is 0 Å². The van der Waals surface area contributed by atoms with Crippen molar-refractivity contribution in [2.45, 2.75) is 0 Å². The van der Waals surface area contributed by atoms with Gasteiger partial charge in [0, 0.05) is 17.1 Å². The van der Waals surface area contributed by atoms with E-state index in [4.69, 9.17) is 0 Å². The summed E-state index contributed by atoms with van der Waals surface area (Å²) in [6, 6.07) is 73.7. The molecule has 0 bridgehead atoms. The van der Waals surface area contributed by atoms with Crippen molar-refractivity contribution >= 4 is 49.4 Å². The standard InChI is InChI=1S/C48H31N/c1-2-12-34(13-3-1)36-22-27-40(28-23-36)49(42-31-24-35-14-4-5-15-38(35)32-42)41-29-25-37(26-30-41)43-17-8-9-20-46(43)48-33-39-16-6-7-18-44(39)45-19-10-11-21-47(45)48/h2,4-33H. The second kappa shape index (κ2) is 12.2. The van der Waals surface area contributed by atoms with Gasteiger partial charge in [-0.15, -0.1) is 0 Å². The molecule has 0 atom stereocenters. The zero-order chi connectivity index (χ0) is 32.6. The maximum atomic E-state index is 3.08. The Kier molecular flexibility index (Phi) is 7.12. The second-order valence-corrected chi connectivity index (χ2v) is 12.4. The molecule has 0 unspecified atom stereocenters. The molecule has 0 radical (unpaired) electrons. The molecule has 0 aromatic heterocycles. The molecule has 0 saturated carbocycles. The molecular weight excluding hydrogens is 591 g/mol. The van der Waals surface area contributed by atoms with E-state index in [-0.39, 0.29) is 0 Å². The van der Waals surface area contributed by atoms with E-state index >= 15 is 0 Å². The SMILES string of the molecule is c1ccc(-c2ccc(N(c3ccc(-c4ccccc4-c4cc5ccccc5c5ccccc45)cc3)c3ccc4ccccc4c3)cc2)cc#1. The molecule has 0 amide bonds. The van der Waals surface area contributed by atoms with Crippen LogP contribution in [0.1, 0.15) is 0 Å². The van der Waals surface area contributed by atoms with E-state index in [1.54, 1.807) is 0 Å². The maximum Gasteiger partial charge on any atom is 0.0468 e. The summed E-state index contributed by atoms with van der Waals surface area (Å²) in [5.41, 5.74) is 10.5. The summed E-state index contributed by atoms with van der Waals surface area (Å²) < 4.78 is 0. The van der Waals surface area contributed by atoms with E-state index in [2.05, 4.69) is 193 Å². The summed E-state index contributed by atoms with van der Waals surface area (Å²) in [4.78, 5) is 2.34. The van der Waals surface area contributed by atoms with Crippen LogP contribution in [0.5, 0.6) is 0 Å². The van der Waals surface area contributed by atoms with Crippen LogP contribution in [-0.4, -0.2) is 0 Å². The molecule has 0 aliphatic carbocycles. The highest BCUT2D eigenvalue weighted by Gasteiger charge is 2.16. The summed E-state index contributed by atoms with van der Waals surface area (Å²) in [7, 11) is 0. The zero-order valence-corrected chi connectivity index (χ0v) is 26.8. The van der Waals surface area contributed by atoms with Gasteiger partial charge in [0.05, 0.1) is 0 Å². The third-order valence-corrected chi connectivity index (χ3v) is 9.53. The van der Waals surface area contributed by atoms with Crippen molar-refractivity contribution in [1.29, 1.82) is 0 Å². The van der Waals surface area contributed by atoms with E-state index in [1.165, 1.54) is 54.6 Å². The first-order valence-corrected chi connectivity index (χ1v) is 16.7. The Morgan fingerprint density at radius 1 is 0.327 bits per heavy atom. The first kappa shape index (κ1) is 28.6. The van der Waals surface area contributed by atoms with E-state index in [1.807, 2.05) is 12.1 Å². The monoisotopic (exact) mass is 621 g/mol. The summed E-state index contributed by atoms with van der Waals surface area (Å²) in [6.07, 6.45) is 0. The molecule has 49 heavy (non-hydrogen) atoms. The Morgan fingerprint density at radius 2 is 0.918 bits per heavy atom. The van der Waals surface area contributed by atoms with Crippen LogP contribution < -0.4 is 4.90 Å². The van der Waals surface area contributed by atoms with Gasteiger partial charge in [-0.1, -0.05) is 140 Å². The smallest absolute Gasteiger partial charge is 0.0468 e. The fourth-order valence-electron chi connectivity index (χ4n) is 7.13. The average molecular weight is 622 g/mol. The van der Waals surface area contributed by atoms with Crippen molar-refractivity contribution in [3.63, 3.8) is 0 Å². The fourth-order valence-corrected chi connectivity index (χ4v) is 7.13. The molecular formula is C48H31N. The molecule has 228 valence electrons. The highest BCUT2D eigenvalue weighted by Crippen LogP contribution is 2.41. The minimum Gasteiger partial charge on any atom is -0.310 e. The summed E-state index contributed by atoms with van der Waals surface area (Å²) in [5.74, 6) is 0. The quantitative estimate of drug-likeness (QED) is 0.167. The van der Waals surface area contributed by atoms with Crippen molar-refractivity contribution in [3.8, 4) is 33.4 Å². The van der Waals surface area contributed by atoms with Crippen molar-refractivity contribution in [2.75, 3.05) is 4.90 Å². The first-order chi connectivity index (χ1) is 24.3. The van der Waals surface area contributed by atoms with Crippen molar-refractivity contribution in [3.05, 3.63) is 200 Å². The number of nitrogens with zero attached hydrogens (tertiary/aromatic N) is 1. The fraction of sp³-hybridized carbons (Fsp3) is 0. The lowest BCUT2D eigenvalue weighted by molar-refractivity contribution is 1.29. The van der Waals surface area contributed by atoms with Gasteiger partial charge >= 0.3 is 0 Å². The summed E-state index contributed by atoms with van der Waals surface area (Å²) in [6.45, 7) is 0. The third-order valence-electron chi connectivity index (χ3n) is 9.53. The van der Waals surface area contributed by atoms with E-state index in [0.29, 0.717) is 0 Å². The number of rotatable bonds is 6. The minimum atomic E-state index is 1.10. The average Bonchev–Trinajstić information content (AvgIpc) is 3.18. The van der Waals surface area contributed by atoms with Crippen LogP contribution in [0.4, 0.5) is 17.1 Å². The van der Waals surface area contributed by atoms with Crippen molar-refractivity contribution in [1.82, 2.24) is 0 Å². The molecule has 1 heteroatoms. The molecule has 0 N–H and O–H groups in total. The number of benzene rings is 8.